The first-order valence-corrected chi connectivity index (χ1v) is 14.0. The minimum absolute atomic E-state index is 0.0925. The van der Waals surface area contributed by atoms with E-state index in [1.807, 2.05) is 12.1 Å². The summed E-state index contributed by atoms with van der Waals surface area (Å²) < 4.78 is 17.3. The van der Waals surface area contributed by atoms with Crippen LogP contribution in [-0.4, -0.2) is 48.0 Å². The van der Waals surface area contributed by atoms with Gasteiger partial charge in [-0.25, -0.2) is 4.39 Å². The topological polar surface area (TPSA) is 28.5 Å². The molecule has 4 nitrogen and oxygen atoms in total. The Hall–Kier alpha value is -2.66. The Kier molecular flexibility index (Phi) is 6.59. The van der Waals surface area contributed by atoms with Crippen molar-refractivity contribution in [3.63, 3.8) is 0 Å². The first kappa shape index (κ1) is 23.7. The lowest BCUT2D eigenvalue weighted by Crippen LogP contribution is -2.38. The second kappa shape index (κ2) is 10.0. The fourth-order valence-corrected chi connectivity index (χ4v) is 6.91. The van der Waals surface area contributed by atoms with E-state index in [4.69, 9.17) is 0 Å². The van der Waals surface area contributed by atoms with Crippen molar-refractivity contribution in [1.82, 2.24) is 9.47 Å². The van der Waals surface area contributed by atoms with E-state index in [2.05, 4.69) is 26.5 Å². The number of hydrogen-bond acceptors (Lipinski definition) is 3. The van der Waals surface area contributed by atoms with Crippen molar-refractivity contribution < 1.29 is 9.18 Å². The molecular formula is C31H38FN3O. The van der Waals surface area contributed by atoms with Gasteiger partial charge in [0.15, 0.2) is 5.78 Å². The van der Waals surface area contributed by atoms with Crippen LogP contribution in [0, 0.1) is 5.82 Å². The molecule has 3 aromatic rings. The van der Waals surface area contributed by atoms with Crippen LogP contribution in [0.4, 0.5) is 10.1 Å². The van der Waals surface area contributed by atoms with Gasteiger partial charge in [0.05, 0.1) is 5.69 Å². The lowest BCUT2D eigenvalue weighted by molar-refractivity contribution is 0.101. The largest absolute Gasteiger partial charge is 0.368 e. The number of nitrogens with zero attached hydrogens (tertiary/aromatic N) is 3. The Morgan fingerprint density at radius 1 is 0.889 bits per heavy atom. The summed E-state index contributed by atoms with van der Waals surface area (Å²) in [6.45, 7) is 7.76. The maximum Gasteiger partial charge on any atom is 0.159 e. The second-order valence-corrected chi connectivity index (χ2v) is 11.1. The summed E-state index contributed by atoms with van der Waals surface area (Å²) in [5.74, 6) is 0.397. The lowest BCUT2D eigenvalue weighted by Gasteiger charge is -2.31. The molecule has 0 bridgehead atoms. The van der Waals surface area contributed by atoms with Gasteiger partial charge in [-0.1, -0.05) is 37.8 Å². The van der Waals surface area contributed by atoms with E-state index in [1.54, 1.807) is 19.1 Å². The maximum absolute atomic E-state index is 14.8. The third-order valence-corrected chi connectivity index (χ3v) is 8.81. The van der Waals surface area contributed by atoms with Crippen molar-refractivity contribution in [2.75, 3.05) is 37.6 Å². The molecule has 1 aromatic heterocycles. The molecular weight excluding hydrogens is 449 g/mol. The van der Waals surface area contributed by atoms with E-state index < -0.39 is 0 Å². The van der Waals surface area contributed by atoms with Gasteiger partial charge in [0, 0.05) is 53.9 Å². The van der Waals surface area contributed by atoms with Crippen molar-refractivity contribution in [1.29, 1.82) is 0 Å². The number of hydrogen-bond donors (Lipinski definition) is 0. The first-order chi connectivity index (χ1) is 17.6. The average molecular weight is 488 g/mol. The van der Waals surface area contributed by atoms with E-state index in [0.29, 0.717) is 5.92 Å². The minimum atomic E-state index is -0.178. The van der Waals surface area contributed by atoms with Crippen molar-refractivity contribution in [3.8, 4) is 11.3 Å². The zero-order valence-electron chi connectivity index (χ0n) is 21.6. The molecule has 2 fully saturated rings. The van der Waals surface area contributed by atoms with Crippen LogP contribution >= 0.6 is 0 Å². The van der Waals surface area contributed by atoms with Crippen LogP contribution in [0.1, 0.15) is 80.1 Å². The van der Waals surface area contributed by atoms with Crippen LogP contribution in [0.2, 0.25) is 0 Å². The van der Waals surface area contributed by atoms with E-state index >= 15 is 0 Å². The highest BCUT2D eigenvalue weighted by molar-refractivity contribution is 6.01. The zero-order chi connectivity index (χ0) is 24.6. The van der Waals surface area contributed by atoms with Gasteiger partial charge in [-0.05, 0) is 81.4 Å². The van der Waals surface area contributed by atoms with Crippen molar-refractivity contribution in [3.05, 3.63) is 53.3 Å². The standard InChI is InChI=1S/C31H38FN3O/c1-22(36)24-10-12-26-29(20-24)35-19-18-34(17-16-33-14-6-3-7-15-33)28-13-11-25(32)21-27(28)31(35)30(26)23-8-4-2-5-9-23/h10-13,20-21,23H,2-9,14-19H2,1H3. The van der Waals surface area contributed by atoms with Crippen LogP contribution in [-0.2, 0) is 6.54 Å². The fraction of sp³-hybridized carbons (Fsp3) is 0.516. The highest BCUT2D eigenvalue weighted by atomic mass is 19.1. The number of likely N-dealkylation sites (tertiary alicyclic amines) is 1. The molecule has 2 aliphatic heterocycles. The number of ketones is 1. The average Bonchev–Trinajstić information content (AvgIpc) is 3.14. The molecule has 3 aliphatic rings. The number of carbonyl (C=O) groups excluding carboxylic acids is 1. The number of fused-ring (bicyclic) bond motifs is 5. The van der Waals surface area contributed by atoms with Gasteiger partial charge in [0.1, 0.15) is 5.82 Å². The van der Waals surface area contributed by atoms with Crippen molar-refractivity contribution in [2.45, 2.75) is 70.8 Å². The Balaban J connectivity index is 1.49. The predicted octanol–water partition coefficient (Wildman–Crippen LogP) is 7.00. The first-order valence-electron chi connectivity index (χ1n) is 14.0. The van der Waals surface area contributed by atoms with Gasteiger partial charge in [-0.2, -0.15) is 0 Å². The van der Waals surface area contributed by atoms with Crippen LogP contribution < -0.4 is 4.90 Å². The van der Waals surface area contributed by atoms with Gasteiger partial charge in [-0.15, -0.1) is 0 Å². The summed E-state index contributed by atoms with van der Waals surface area (Å²) in [4.78, 5) is 17.3. The van der Waals surface area contributed by atoms with Crippen LogP contribution in [0.25, 0.3) is 22.2 Å². The van der Waals surface area contributed by atoms with E-state index in [1.165, 1.54) is 81.1 Å². The highest BCUT2D eigenvalue weighted by Crippen LogP contribution is 2.47. The lowest BCUT2D eigenvalue weighted by atomic mass is 9.81. The molecule has 0 atom stereocenters. The van der Waals surface area contributed by atoms with Crippen molar-refractivity contribution in [2.24, 2.45) is 0 Å². The predicted molar refractivity (Wildman–Crippen MR) is 146 cm³/mol. The molecule has 1 aliphatic carbocycles. The van der Waals surface area contributed by atoms with Gasteiger partial charge in [0.2, 0.25) is 0 Å². The second-order valence-electron chi connectivity index (χ2n) is 11.1. The number of aromatic nitrogens is 1. The number of piperidine rings is 1. The molecule has 3 heterocycles. The number of Topliss-reactive ketones (excluding diaryl/α,β-unsaturated/α-hetero) is 1. The molecule has 0 amide bonds. The summed E-state index contributed by atoms with van der Waals surface area (Å²) in [5.41, 5.74) is 6.62. The quantitative estimate of drug-likeness (QED) is 0.363. The van der Waals surface area contributed by atoms with Crippen molar-refractivity contribution >= 4 is 22.4 Å². The normalized spacial score (nSPS) is 19.2. The number of anilines is 1. The Morgan fingerprint density at radius 2 is 1.67 bits per heavy atom. The van der Waals surface area contributed by atoms with E-state index in [-0.39, 0.29) is 11.6 Å². The summed E-state index contributed by atoms with van der Waals surface area (Å²) in [6.07, 6.45) is 10.1. The highest BCUT2D eigenvalue weighted by Gasteiger charge is 2.31. The third-order valence-electron chi connectivity index (χ3n) is 8.81. The zero-order valence-corrected chi connectivity index (χ0v) is 21.6. The molecule has 0 unspecified atom stereocenters. The van der Waals surface area contributed by atoms with Gasteiger partial charge >= 0.3 is 0 Å². The third kappa shape index (κ3) is 4.36. The Labute approximate surface area is 214 Å². The number of benzene rings is 2. The molecule has 0 spiro atoms. The molecule has 36 heavy (non-hydrogen) atoms. The van der Waals surface area contributed by atoms with Crippen LogP contribution in [0.5, 0.6) is 0 Å². The minimum Gasteiger partial charge on any atom is -0.368 e. The molecule has 5 heteroatoms. The van der Waals surface area contributed by atoms with Gasteiger partial charge in [-0.3, -0.25) is 4.79 Å². The van der Waals surface area contributed by atoms with E-state index in [9.17, 15) is 9.18 Å². The molecule has 190 valence electrons. The number of carbonyl (C=O) groups is 1. The molecule has 6 rings (SSSR count). The van der Waals surface area contributed by atoms with Crippen LogP contribution in [0.15, 0.2) is 36.4 Å². The fourth-order valence-electron chi connectivity index (χ4n) is 6.91. The van der Waals surface area contributed by atoms with Gasteiger partial charge in [0.25, 0.3) is 0 Å². The Bertz CT molecular complexity index is 1270. The summed E-state index contributed by atoms with van der Waals surface area (Å²) in [5, 5.41) is 1.25. The summed E-state index contributed by atoms with van der Waals surface area (Å²) >= 11 is 0. The monoisotopic (exact) mass is 487 g/mol. The Morgan fingerprint density at radius 3 is 2.44 bits per heavy atom. The SMILES string of the molecule is CC(=O)c1ccc2c(C3CCCCC3)c3n(c2c1)CCN(CCN1CCCCC1)c1ccc(F)cc1-3. The maximum atomic E-state index is 14.8. The van der Waals surface area contributed by atoms with Crippen LogP contribution in [0.3, 0.4) is 0 Å². The number of halogens is 1. The molecule has 1 saturated heterocycles. The molecule has 1 saturated carbocycles. The smallest absolute Gasteiger partial charge is 0.159 e. The molecule has 0 radical (unpaired) electrons. The molecule has 2 aromatic carbocycles. The summed E-state index contributed by atoms with van der Waals surface area (Å²) in [6, 6.07) is 11.6. The number of rotatable bonds is 5. The van der Waals surface area contributed by atoms with Gasteiger partial charge < -0.3 is 14.4 Å². The van der Waals surface area contributed by atoms with E-state index in [0.717, 1.165) is 48.5 Å². The summed E-state index contributed by atoms with van der Waals surface area (Å²) in [7, 11) is 0. The molecule has 0 N–H and O–H groups in total.